The Morgan fingerprint density at radius 3 is 2.60 bits per heavy atom. The van der Waals surface area contributed by atoms with Crippen molar-refractivity contribution in [2.45, 2.75) is 33.2 Å². The van der Waals surface area contributed by atoms with Gasteiger partial charge in [-0.3, -0.25) is 9.59 Å². The predicted octanol–water partition coefficient (Wildman–Crippen LogP) is 3.54. The van der Waals surface area contributed by atoms with Crippen molar-refractivity contribution in [3.63, 3.8) is 0 Å². The van der Waals surface area contributed by atoms with Gasteiger partial charge in [0, 0.05) is 17.3 Å². The molecule has 0 aromatic heterocycles. The van der Waals surface area contributed by atoms with Crippen LogP contribution in [0.5, 0.6) is 5.75 Å². The Kier molecular flexibility index (Phi) is 6.57. The molecule has 0 bridgehead atoms. The fourth-order valence-corrected chi connectivity index (χ4v) is 2.21. The molecule has 132 valence electrons. The number of hydrogen-bond acceptors (Lipinski definition) is 3. The maximum absolute atomic E-state index is 12.2. The van der Waals surface area contributed by atoms with Crippen LogP contribution in [0.1, 0.15) is 36.2 Å². The van der Waals surface area contributed by atoms with Crippen molar-refractivity contribution in [1.82, 2.24) is 5.32 Å². The molecule has 1 unspecified atom stereocenters. The van der Waals surface area contributed by atoms with Gasteiger partial charge in [-0.2, -0.15) is 0 Å². The fraction of sp³-hybridized carbons (Fsp3) is 0.300. The van der Waals surface area contributed by atoms with Crippen molar-refractivity contribution in [3.05, 3.63) is 59.7 Å². The van der Waals surface area contributed by atoms with Crippen LogP contribution in [0.3, 0.4) is 0 Å². The standard InChI is InChI=1S/C20H24N2O3/c1-4-15(3)21-20(24)16-9-7-10-17(12-16)22-19(23)13-25-18-11-6-5-8-14(18)2/h5-12,15H,4,13H2,1-3H3,(H,21,24)(H,22,23). The Labute approximate surface area is 148 Å². The van der Waals surface area contributed by atoms with Crippen LogP contribution in [-0.4, -0.2) is 24.5 Å². The molecule has 0 aliphatic carbocycles. The second kappa shape index (κ2) is 8.87. The lowest BCUT2D eigenvalue weighted by Gasteiger charge is -2.12. The van der Waals surface area contributed by atoms with E-state index in [1.165, 1.54) is 0 Å². The van der Waals surface area contributed by atoms with Gasteiger partial charge in [-0.15, -0.1) is 0 Å². The molecular weight excluding hydrogens is 316 g/mol. The van der Waals surface area contributed by atoms with Gasteiger partial charge in [-0.25, -0.2) is 0 Å². The van der Waals surface area contributed by atoms with Gasteiger partial charge >= 0.3 is 0 Å². The first-order valence-electron chi connectivity index (χ1n) is 8.38. The normalized spacial score (nSPS) is 11.5. The van der Waals surface area contributed by atoms with Crippen LogP contribution in [0.2, 0.25) is 0 Å². The van der Waals surface area contributed by atoms with E-state index in [9.17, 15) is 9.59 Å². The van der Waals surface area contributed by atoms with Crippen molar-refractivity contribution in [2.24, 2.45) is 0 Å². The van der Waals surface area contributed by atoms with Crippen LogP contribution in [-0.2, 0) is 4.79 Å². The first-order valence-corrected chi connectivity index (χ1v) is 8.38. The molecular formula is C20H24N2O3. The molecule has 2 N–H and O–H groups in total. The Hall–Kier alpha value is -2.82. The molecule has 1 atom stereocenters. The first-order chi connectivity index (χ1) is 12.0. The highest BCUT2D eigenvalue weighted by atomic mass is 16.5. The molecule has 2 amide bonds. The third-order valence-electron chi connectivity index (χ3n) is 3.85. The van der Waals surface area contributed by atoms with Crippen molar-refractivity contribution in [3.8, 4) is 5.75 Å². The molecule has 0 saturated carbocycles. The summed E-state index contributed by atoms with van der Waals surface area (Å²) in [4.78, 5) is 24.2. The fourth-order valence-electron chi connectivity index (χ4n) is 2.21. The molecule has 0 heterocycles. The summed E-state index contributed by atoms with van der Waals surface area (Å²) in [5, 5.41) is 5.65. The first kappa shape index (κ1) is 18.5. The quantitative estimate of drug-likeness (QED) is 0.810. The van der Waals surface area contributed by atoms with Gasteiger partial charge < -0.3 is 15.4 Å². The molecule has 0 aliphatic rings. The molecule has 2 aromatic rings. The zero-order valence-electron chi connectivity index (χ0n) is 14.8. The SMILES string of the molecule is CCC(C)NC(=O)c1cccc(NC(=O)COc2ccccc2C)c1. The van der Waals surface area contributed by atoms with E-state index in [2.05, 4.69) is 10.6 Å². The molecule has 5 heteroatoms. The minimum Gasteiger partial charge on any atom is -0.483 e. The number of nitrogens with one attached hydrogen (secondary N) is 2. The number of para-hydroxylation sites is 1. The number of carbonyl (C=O) groups is 2. The predicted molar refractivity (Wildman–Crippen MR) is 99.0 cm³/mol. The molecule has 0 radical (unpaired) electrons. The summed E-state index contributed by atoms with van der Waals surface area (Å²) in [5.74, 6) is 0.253. The number of amides is 2. The molecule has 25 heavy (non-hydrogen) atoms. The molecule has 0 spiro atoms. The zero-order chi connectivity index (χ0) is 18.2. The summed E-state index contributed by atoms with van der Waals surface area (Å²) in [6.07, 6.45) is 0.860. The van der Waals surface area contributed by atoms with Crippen molar-refractivity contribution >= 4 is 17.5 Å². The highest BCUT2D eigenvalue weighted by Gasteiger charge is 2.10. The minimum absolute atomic E-state index is 0.0891. The average Bonchev–Trinajstić information content (AvgIpc) is 2.61. The van der Waals surface area contributed by atoms with Crippen molar-refractivity contribution < 1.29 is 14.3 Å². The van der Waals surface area contributed by atoms with E-state index < -0.39 is 0 Å². The second-order valence-corrected chi connectivity index (χ2v) is 5.97. The summed E-state index contributed by atoms with van der Waals surface area (Å²) in [6, 6.07) is 14.5. The summed E-state index contributed by atoms with van der Waals surface area (Å²) < 4.78 is 5.52. The third-order valence-corrected chi connectivity index (χ3v) is 3.85. The maximum atomic E-state index is 12.2. The molecule has 2 aromatic carbocycles. The second-order valence-electron chi connectivity index (χ2n) is 5.97. The monoisotopic (exact) mass is 340 g/mol. The van der Waals surface area contributed by atoms with Crippen molar-refractivity contribution in [1.29, 1.82) is 0 Å². The summed E-state index contributed by atoms with van der Waals surface area (Å²) in [6.45, 7) is 5.79. The number of ether oxygens (including phenoxy) is 1. The molecule has 0 saturated heterocycles. The minimum atomic E-state index is -0.275. The largest absolute Gasteiger partial charge is 0.483 e. The van der Waals surface area contributed by atoms with Crippen LogP contribution in [0.4, 0.5) is 5.69 Å². The van der Waals surface area contributed by atoms with Gasteiger partial charge in [0.25, 0.3) is 11.8 Å². The van der Waals surface area contributed by atoms with Gasteiger partial charge in [0.1, 0.15) is 5.75 Å². The number of benzene rings is 2. The summed E-state index contributed by atoms with van der Waals surface area (Å²) >= 11 is 0. The lowest BCUT2D eigenvalue weighted by Crippen LogP contribution is -2.32. The average molecular weight is 340 g/mol. The van der Waals surface area contributed by atoms with Crippen molar-refractivity contribution in [2.75, 3.05) is 11.9 Å². The van der Waals surface area contributed by atoms with E-state index in [0.29, 0.717) is 17.0 Å². The molecule has 0 fully saturated rings. The van der Waals surface area contributed by atoms with E-state index in [4.69, 9.17) is 4.74 Å². The Bertz CT molecular complexity index is 743. The number of anilines is 1. The van der Waals surface area contributed by atoms with Crippen LogP contribution >= 0.6 is 0 Å². The highest BCUT2D eigenvalue weighted by molar-refractivity contribution is 5.97. The van der Waals surface area contributed by atoms with Gasteiger partial charge in [-0.1, -0.05) is 31.2 Å². The molecule has 0 aliphatic heterocycles. The van der Waals surface area contributed by atoms with Gasteiger partial charge in [0.2, 0.25) is 0 Å². The maximum Gasteiger partial charge on any atom is 0.262 e. The van der Waals surface area contributed by atoms with Gasteiger partial charge in [0.05, 0.1) is 0 Å². The van der Waals surface area contributed by atoms with Crippen LogP contribution in [0.15, 0.2) is 48.5 Å². The lowest BCUT2D eigenvalue weighted by molar-refractivity contribution is -0.118. The van der Waals surface area contributed by atoms with Gasteiger partial charge in [-0.05, 0) is 50.1 Å². The number of carbonyl (C=O) groups excluding carboxylic acids is 2. The van der Waals surface area contributed by atoms with Gasteiger partial charge in [0.15, 0.2) is 6.61 Å². The molecule has 2 rings (SSSR count). The lowest BCUT2D eigenvalue weighted by atomic mass is 10.1. The topological polar surface area (TPSA) is 67.4 Å². The number of hydrogen-bond donors (Lipinski definition) is 2. The Morgan fingerprint density at radius 2 is 1.88 bits per heavy atom. The van der Waals surface area contributed by atoms with E-state index in [1.807, 2.05) is 45.0 Å². The highest BCUT2D eigenvalue weighted by Crippen LogP contribution is 2.16. The van der Waals surface area contributed by atoms with Crippen LogP contribution < -0.4 is 15.4 Å². The summed E-state index contributed by atoms with van der Waals surface area (Å²) in [7, 11) is 0. The van der Waals surface area contributed by atoms with E-state index in [-0.39, 0.29) is 24.5 Å². The van der Waals surface area contributed by atoms with E-state index in [0.717, 1.165) is 12.0 Å². The Morgan fingerprint density at radius 1 is 1.12 bits per heavy atom. The van der Waals surface area contributed by atoms with Crippen LogP contribution in [0, 0.1) is 6.92 Å². The smallest absolute Gasteiger partial charge is 0.262 e. The summed E-state index contributed by atoms with van der Waals surface area (Å²) in [5.41, 5.74) is 2.05. The Balaban J connectivity index is 1.93. The van der Waals surface area contributed by atoms with E-state index in [1.54, 1.807) is 24.3 Å². The number of aryl methyl sites for hydroxylation is 1. The molecule has 5 nitrogen and oxygen atoms in total. The van der Waals surface area contributed by atoms with Crippen LogP contribution in [0.25, 0.3) is 0 Å². The zero-order valence-corrected chi connectivity index (χ0v) is 14.8. The van der Waals surface area contributed by atoms with E-state index >= 15 is 0 Å². The number of rotatable bonds is 7. The third kappa shape index (κ3) is 5.64.